The van der Waals surface area contributed by atoms with Gasteiger partial charge in [-0.3, -0.25) is 52.7 Å². The standard InChI is InChI=1S/C39H61N11O15S/c1-4-20(2)32(50-38(64)25(17-51)45-29(55)14-40)39(65)49-27(19-53)37(63)48-26(18-52)36(62)46-23(12-21-8-6-5-7-9-21)35(61)47-24(13-28(41)54)34(60)42-15-30(56)44-22(10-11-66-3)33(59)43-16-31(57)58/h5-9,20,22-27,32,51-53H,4,10-19,40H2,1-3H3,(H2,41,54)(H,42,60)(H,43,59)(H,44,56)(H,45,55)(H,46,62)(H,47,61)(H,48,63)(H,49,65)(H,50,64)(H,57,58)/t20-,22-,23-,24-,25-,26-,27-,32-/m0/s1. The summed E-state index contributed by atoms with van der Waals surface area (Å²) in [6.45, 7) is -1.70. The maximum absolute atomic E-state index is 13.8. The zero-order valence-corrected chi connectivity index (χ0v) is 37.4. The van der Waals surface area contributed by atoms with E-state index in [1.54, 1.807) is 50.4 Å². The van der Waals surface area contributed by atoms with Crippen LogP contribution in [0.15, 0.2) is 30.3 Å². The van der Waals surface area contributed by atoms with Gasteiger partial charge in [-0.25, -0.2) is 0 Å². The second-order valence-corrected chi connectivity index (χ2v) is 15.6. The van der Waals surface area contributed by atoms with Crippen LogP contribution in [0.2, 0.25) is 0 Å². The minimum Gasteiger partial charge on any atom is -0.480 e. The molecule has 0 unspecified atom stereocenters. The van der Waals surface area contributed by atoms with Gasteiger partial charge in [0.15, 0.2) is 0 Å². The van der Waals surface area contributed by atoms with E-state index in [4.69, 9.17) is 16.6 Å². The van der Waals surface area contributed by atoms with E-state index >= 15 is 0 Å². The molecule has 1 rings (SSSR count). The van der Waals surface area contributed by atoms with Gasteiger partial charge in [-0.1, -0.05) is 50.6 Å². The Bertz CT molecular complexity index is 1850. The van der Waals surface area contributed by atoms with Crippen molar-refractivity contribution in [2.75, 3.05) is 51.5 Å². The summed E-state index contributed by atoms with van der Waals surface area (Å²) in [6.07, 6.45) is 1.10. The minimum absolute atomic E-state index is 0.105. The van der Waals surface area contributed by atoms with Gasteiger partial charge in [-0.2, -0.15) is 11.8 Å². The number of aliphatic hydroxyl groups is 3. The van der Waals surface area contributed by atoms with Gasteiger partial charge in [0, 0.05) is 6.42 Å². The topological polar surface area (TPSA) is 429 Å². The third kappa shape index (κ3) is 21.0. The number of carboxylic acids is 1. The smallest absolute Gasteiger partial charge is 0.322 e. The Balaban J connectivity index is 3.23. The van der Waals surface area contributed by atoms with Crippen molar-refractivity contribution in [3.05, 3.63) is 35.9 Å². The van der Waals surface area contributed by atoms with Gasteiger partial charge < -0.3 is 79.7 Å². The Morgan fingerprint density at radius 1 is 0.606 bits per heavy atom. The zero-order chi connectivity index (χ0) is 49.9. The second-order valence-electron chi connectivity index (χ2n) is 14.6. The van der Waals surface area contributed by atoms with E-state index in [0.29, 0.717) is 17.7 Å². The van der Waals surface area contributed by atoms with Crippen molar-refractivity contribution < 1.29 is 73.2 Å². The SMILES string of the molecule is CC[C@H](C)[C@H](NC(=O)[C@H](CO)NC(=O)CN)C(=O)N[C@@H](CO)C(=O)N[C@@H](CO)C(=O)N[C@@H](Cc1ccccc1)C(=O)N[C@@H](CC(N)=O)C(=O)NCC(=O)N[C@@H](CCSC)C(=O)NCC(=O)O. The summed E-state index contributed by atoms with van der Waals surface area (Å²) in [5, 5.41) is 59.1. The number of carboxylic acid groups (broad SMARTS) is 1. The highest BCUT2D eigenvalue weighted by Crippen LogP contribution is 2.10. The molecule has 17 N–H and O–H groups in total. The largest absolute Gasteiger partial charge is 0.480 e. The molecule has 1 aromatic carbocycles. The van der Waals surface area contributed by atoms with Crippen molar-refractivity contribution >= 4 is 76.8 Å². The maximum Gasteiger partial charge on any atom is 0.322 e. The van der Waals surface area contributed by atoms with E-state index in [9.17, 15) is 68.1 Å². The number of rotatable bonds is 31. The zero-order valence-electron chi connectivity index (χ0n) is 36.6. The Morgan fingerprint density at radius 3 is 1.59 bits per heavy atom. The number of nitrogens with two attached hydrogens (primary N) is 2. The van der Waals surface area contributed by atoms with Crippen molar-refractivity contribution in [1.29, 1.82) is 0 Å². The second kappa shape index (κ2) is 30.7. The number of hydrogen-bond donors (Lipinski definition) is 15. The molecule has 0 radical (unpaired) electrons. The molecule has 0 aliphatic heterocycles. The summed E-state index contributed by atoms with van der Waals surface area (Å²) < 4.78 is 0. The molecule has 8 atom stereocenters. The Labute approximate surface area is 383 Å². The van der Waals surface area contributed by atoms with Gasteiger partial charge >= 0.3 is 5.97 Å². The number of primary amides is 1. The fourth-order valence-corrected chi connectivity index (χ4v) is 6.14. The van der Waals surface area contributed by atoms with Crippen molar-refractivity contribution in [1.82, 2.24) is 47.9 Å². The number of nitrogens with one attached hydrogen (secondary N) is 9. The first-order valence-electron chi connectivity index (χ1n) is 20.5. The first-order chi connectivity index (χ1) is 31.2. The number of carbonyl (C=O) groups excluding carboxylic acids is 10. The van der Waals surface area contributed by atoms with Gasteiger partial charge in [0.2, 0.25) is 59.1 Å². The molecular weight excluding hydrogens is 895 g/mol. The normalized spacial score (nSPS) is 14.4. The summed E-state index contributed by atoms with van der Waals surface area (Å²) >= 11 is 1.35. The lowest BCUT2D eigenvalue weighted by atomic mass is 9.97. The molecule has 0 saturated heterocycles. The van der Waals surface area contributed by atoms with E-state index in [2.05, 4.69) is 47.9 Å². The molecule has 27 heteroatoms. The molecular formula is C39H61N11O15S. The van der Waals surface area contributed by atoms with Crippen LogP contribution < -0.4 is 59.3 Å². The molecule has 0 saturated carbocycles. The van der Waals surface area contributed by atoms with Gasteiger partial charge in [0.1, 0.15) is 48.8 Å². The van der Waals surface area contributed by atoms with E-state index < -0.39 is 159 Å². The lowest BCUT2D eigenvalue weighted by molar-refractivity contribution is -0.138. The Kier molecular flexibility index (Phi) is 26.8. The minimum atomic E-state index is -1.83. The average molecular weight is 956 g/mol. The Hall–Kier alpha value is -6.42. The molecule has 1 aromatic rings. The highest BCUT2D eigenvalue weighted by Gasteiger charge is 2.35. The van der Waals surface area contributed by atoms with E-state index in [1.165, 1.54) is 11.8 Å². The average Bonchev–Trinajstić information content (AvgIpc) is 3.29. The van der Waals surface area contributed by atoms with Crippen LogP contribution >= 0.6 is 11.8 Å². The van der Waals surface area contributed by atoms with Gasteiger partial charge in [-0.05, 0) is 29.9 Å². The lowest BCUT2D eigenvalue weighted by Crippen LogP contribution is -2.62. The van der Waals surface area contributed by atoms with Crippen LogP contribution in [0.3, 0.4) is 0 Å². The third-order valence-corrected chi connectivity index (χ3v) is 10.1. The van der Waals surface area contributed by atoms with Crippen LogP contribution in [0, 0.1) is 5.92 Å². The van der Waals surface area contributed by atoms with Gasteiger partial charge in [0.25, 0.3) is 0 Å². The summed E-state index contributed by atoms with van der Waals surface area (Å²) in [5.74, 6) is -11.5. The van der Waals surface area contributed by atoms with Crippen molar-refractivity contribution in [2.45, 2.75) is 81.8 Å². The highest BCUT2D eigenvalue weighted by atomic mass is 32.2. The van der Waals surface area contributed by atoms with E-state index in [0.717, 1.165) is 0 Å². The molecule has 0 aliphatic rings. The number of aliphatic hydroxyl groups excluding tert-OH is 3. The fraction of sp³-hybridized carbons (Fsp3) is 0.564. The highest BCUT2D eigenvalue weighted by molar-refractivity contribution is 7.98. The van der Waals surface area contributed by atoms with Crippen LogP contribution in [-0.4, -0.2) is 179 Å². The molecule has 0 aliphatic carbocycles. The predicted octanol–water partition coefficient (Wildman–Crippen LogP) is -7.45. The summed E-state index contributed by atoms with van der Waals surface area (Å²) in [6, 6.07) is -2.87. The fourth-order valence-electron chi connectivity index (χ4n) is 5.67. The van der Waals surface area contributed by atoms with Crippen LogP contribution in [0.1, 0.15) is 38.7 Å². The van der Waals surface area contributed by atoms with Crippen LogP contribution in [0.25, 0.3) is 0 Å². The molecule has 10 amide bonds. The van der Waals surface area contributed by atoms with Crippen LogP contribution in [-0.2, 0) is 59.2 Å². The number of aliphatic carboxylic acids is 1. The Morgan fingerprint density at radius 2 is 1.08 bits per heavy atom. The predicted molar refractivity (Wildman–Crippen MR) is 234 cm³/mol. The molecule has 66 heavy (non-hydrogen) atoms. The van der Waals surface area contributed by atoms with Crippen molar-refractivity contribution in [2.24, 2.45) is 17.4 Å². The number of carbonyl (C=O) groups is 11. The molecule has 0 fully saturated rings. The molecule has 368 valence electrons. The number of thioether (sulfide) groups is 1. The first kappa shape index (κ1) is 57.6. The number of hydrogen-bond acceptors (Lipinski definition) is 16. The molecule has 0 bridgehead atoms. The molecule has 0 spiro atoms. The number of amides is 10. The van der Waals surface area contributed by atoms with Crippen molar-refractivity contribution in [3.8, 4) is 0 Å². The third-order valence-electron chi connectivity index (χ3n) is 9.50. The van der Waals surface area contributed by atoms with Crippen molar-refractivity contribution in [3.63, 3.8) is 0 Å². The summed E-state index contributed by atoms with van der Waals surface area (Å²) in [5.41, 5.74) is 11.1. The van der Waals surface area contributed by atoms with Gasteiger partial charge in [-0.15, -0.1) is 0 Å². The first-order valence-corrected chi connectivity index (χ1v) is 21.9. The monoisotopic (exact) mass is 955 g/mol. The number of benzene rings is 1. The molecule has 26 nitrogen and oxygen atoms in total. The molecule has 0 heterocycles. The van der Waals surface area contributed by atoms with Crippen LogP contribution in [0.5, 0.6) is 0 Å². The van der Waals surface area contributed by atoms with E-state index in [1.807, 2.05) is 0 Å². The maximum atomic E-state index is 13.8. The lowest BCUT2D eigenvalue weighted by Gasteiger charge is -2.28. The molecule has 0 aromatic heterocycles. The summed E-state index contributed by atoms with van der Waals surface area (Å²) in [7, 11) is 0. The van der Waals surface area contributed by atoms with E-state index in [-0.39, 0.29) is 12.8 Å². The van der Waals surface area contributed by atoms with Gasteiger partial charge in [0.05, 0.1) is 39.3 Å². The summed E-state index contributed by atoms with van der Waals surface area (Å²) in [4.78, 5) is 140. The quantitative estimate of drug-likeness (QED) is 0.0329. The van der Waals surface area contributed by atoms with Crippen LogP contribution in [0.4, 0.5) is 0 Å².